The van der Waals surface area contributed by atoms with Crippen molar-refractivity contribution in [2.45, 2.75) is 25.4 Å². The van der Waals surface area contributed by atoms with Crippen molar-refractivity contribution < 1.29 is 9.50 Å². The Morgan fingerprint density at radius 3 is 2.79 bits per heavy atom. The van der Waals surface area contributed by atoms with Gasteiger partial charge in [0.2, 0.25) is 0 Å². The molecule has 1 N–H and O–H groups in total. The predicted octanol–water partition coefficient (Wildman–Crippen LogP) is 4.52. The van der Waals surface area contributed by atoms with Crippen molar-refractivity contribution in [3.05, 3.63) is 58.4 Å². The van der Waals surface area contributed by atoms with Gasteiger partial charge in [0, 0.05) is 10.6 Å². The van der Waals surface area contributed by atoms with Crippen LogP contribution >= 0.6 is 11.6 Å². The molecule has 19 heavy (non-hydrogen) atoms. The highest BCUT2D eigenvalue weighted by Gasteiger charge is 2.21. The Hall–Kier alpha value is -1.38. The number of benzene rings is 2. The van der Waals surface area contributed by atoms with E-state index in [0.717, 1.165) is 36.0 Å². The average molecular weight is 277 g/mol. The zero-order valence-corrected chi connectivity index (χ0v) is 11.1. The first kappa shape index (κ1) is 12.6. The normalized spacial score (nSPS) is 18.2. The number of halogens is 2. The van der Waals surface area contributed by atoms with Crippen LogP contribution in [-0.4, -0.2) is 5.11 Å². The van der Waals surface area contributed by atoms with E-state index in [2.05, 4.69) is 0 Å². The Kier molecular flexibility index (Phi) is 3.29. The summed E-state index contributed by atoms with van der Waals surface area (Å²) in [6, 6.07) is 10.4. The van der Waals surface area contributed by atoms with Gasteiger partial charge in [0.05, 0.1) is 6.10 Å². The molecule has 0 fully saturated rings. The van der Waals surface area contributed by atoms with Gasteiger partial charge >= 0.3 is 0 Å². The van der Waals surface area contributed by atoms with Crippen LogP contribution in [0.4, 0.5) is 4.39 Å². The average Bonchev–Trinajstić information content (AvgIpc) is 2.39. The Bertz CT molecular complexity index is 624. The maximum Gasteiger partial charge on any atom is 0.132 e. The lowest BCUT2D eigenvalue weighted by atomic mass is 9.84. The smallest absolute Gasteiger partial charge is 0.132 e. The first-order valence-corrected chi connectivity index (χ1v) is 6.80. The first-order chi connectivity index (χ1) is 9.16. The van der Waals surface area contributed by atoms with Crippen molar-refractivity contribution in [1.82, 2.24) is 0 Å². The molecule has 2 aromatic carbocycles. The molecule has 3 rings (SSSR count). The largest absolute Gasteiger partial charge is 0.388 e. The van der Waals surface area contributed by atoms with Gasteiger partial charge in [-0.2, -0.15) is 0 Å². The van der Waals surface area contributed by atoms with Gasteiger partial charge in [-0.05, 0) is 54.2 Å². The summed E-state index contributed by atoms with van der Waals surface area (Å²) < 4.78 is 14.1. The quantitative estimate of drug-likeness (QED) is 0.812. The van der Waals surface area contributed by atoms with E-state index in [4.69, 9.17) is 11.6 Å². The second kappa shape index (κ2) is 4.95. The third-order valence-corrected chi connectivity index (χ3v) is 3.93. The molecule has 3 heteroatoms. The summed E-state index contributed by atoms with van der Waals surface area (Å²) in [5, 5.41) is 10.4. The summed E-state index contributed by atoms with van der Waals surface area (Å²) in [5.41, 5.74) is 3.40. The molecule has 0 bridgehead atoms. The lowest BCUT2D eigenvalue weighted by molar-refractivity contribution is 0.156. The highest BCUT2D eigenvalue weighted by molar-refractivity contribution is 6.30. The Balaban J connectivity index is 2.18. The lowest BCUT2D eigenvalue weighted by Gasteiger charge is -2.24. The van der Waals surface area contributed by atoms with Gasteiger partial charge in [-0.1, -0.05) is 29.8 Å². The molecule has 2 aromatic rings. The summed E-state index contributed by atoms with van der Waals surface area (Å²) in [4.78, 5) is 0. The summed E-state index contributed by atoms with van der Waals surface area (Å²) in [7, 11) is 0. The second-order valence-corrected chi connectivity index (χ2v) is 5.34. The first-order valence-electron chi connectivity index (χ1n) is 6.42. The van der Waals surface area contributed by atoms with E-state index in [1.807, 2.05) is 18.2 Å². The zero-order chi connectivity index (χ0) is 13.4. The minimum Gasteiger partial charge on any atom is -0.388 e. The molecule has 0 heterocycles. The highest BCUT2D eigenvalue weighted by atomic mass is 35.5. The molecule has 0 spiro atoms. The van der Waals surface area contributed by atoms with Crippen molar-refractivity contribution in [2.24, 2.45) is 0 Å². The van der Waals surface area contributed by atoms with Crippen molar-refractivity contribution >= 4 is 11.6 Å². The second-order valence-electron chi connectivity index (χ2n) is 4.91. The van der Waals surface area contributed by atoms with E-state index in [9.17, 15) is 9.50 Å². The van der Waals surface area contributed by atoms with Gasteiger partial charge in [-0.25, -0.2) is 4.39 Å². The van der Waals surface area contributed by atoms with E-state index >= 15 is 0 Å². The molecule has 0 saturated heterocycles. The van der Waals surface area contributed by atoms with Crippen LogP contribution in [0, 0.1) is 5.82 Å². The van der Waals surface area contributed by atoms with Crippen molar-refractivity contribution in [2.75, 3.05) is 0 Å². The van der Waals surface area contributed by atoms with Gasteiger partial charge in [0.25, 0.3) is 0 Å². The fourth-order valence-electron chi connectivity index (χ4n) is 2.78. The van der Waals surface area contributed by atoms with Gasteiger partial charge < -0.3 is 5.11 Å². The summed E-state index contributed by atoms with van der Waals surface area (Å²) in [5.74, 6) is -0.319. The van der Waals surface area contributed by atoms with E-state index in [1.54, 1.807) is 12.1 Å². The minimum absolute atomic E-state index is 0.319. The molecule has 0 saturated carbocycles. The van der Waals surface area contributed by atoms with E-state index in [0.29, 0.717) is 10.6 Å². The van der Waals surface area contributed by atoms with Gasteiger partial charge in [-0.3, -0.25) is 0 Å². The van der Waals surface area contributed by atoms with E-state index < -0.39 is 6.10 Å². The topological polar surface area (TPSA) is 20.2 Å². The molecule has 1 atom stereocenters. The molecule has 1 unspecified atom stereocenters. The van der Waals surface area contributed by atoms with Crippen molar-refractivity contribution in [1.29, 1.82) is 0 Å². The van der Waals surface area contributed by atoms with Crippen LogP contribution in [0.15, 0.2) is 36.4 Å². The molecule has 0 aromatic heterocycles. The summed E-state index contributed by atoms with van der Waals surface area (Å²) >= 11 is 5.79. The number of hydrogen-bond donors (Lipinski definition) is 1. The van der Waals surface area contributed by atoms with Crippen LogP contribution in [-0.2, 0) is 6.42 Å². The zero-order valence-electron chi connectivity index (χ0n) is 10.4. The number of aliphatic hydroxyl groups excluding tert-OH is 1. The van der Waals surface area contributed by atoms with Crippen LogP contribution < -0.4 is 0 Å². The molecule has 1 aliphatic carbocycles. The third kappa shape index (κ3) is 2.26. The van der Waals surface area contributed by atoms with Crippen LogP contribution in [0.25, 0.3) is 11.1 Å². The van der Waals surface area contributed by atoms with Gasteiger partial charge in [0.15, 0.2) is 0 Å². The Labute approximate surface area is 116 Å². The van der Waals surface area contributed by atoms with E-state index in [1.165, 1.54) is 6.07 Å². The Morgan fingerprint density at radius 1 is 1.16 bits per heavy atom. The molecule has 0 amide bonds. The number of aliphatic hydroxyl groups is 1. The van der Waals surface area contributed by atoms with Crippen LogP contribution in [0.5, 0.6) is 0 Å². The SMILES string of the molecule is OC1CCCc2c(-c3ccc(Cl)cc3F)cccc21. The monoisotopic (exact) mass is 276 g/mol. The number of fused-ring (bicyclic) bond motifs is 1. The lowest BCUT2D eigenvalue weighted by Crippen LogP contribution is -2.10. The molecule has 0 aliphatic heterocycles. The third-order valence-electron chi connectivity index (χ3n) is 3.70. The Morgan fingerprint density at radius 2 is 2.00 bits per heavy atom. The fraction of sp³-hybridized carbons (Fsp3) is 0.250. The number of hydrogen-bond acceptors (Lipinski definition) is 1. The molecule has 1 nitrogen and oxygen atoms in total. The summed E-state index contributed by atoms with van der Waals surface area (Å²) in [6.07, 6.45) is 2.16. The molecule has 1 aliphatic rings. The summed E-state index contributed by atoms with van der Waals surface area (Å²) in [6.45, 7) is 0. The number of rotatable bonds is 1. The molecular formula is C16H14ClFO. The van der Waals surface area contributed by atoms with Crippen LogP contribution in [0.3, 0.4) is 0 Å². The highest BCUT2D eigenvalue weighted by Crippen LogP contribution is 2.37. The maximum absolute atomic E-state index is 14.1. The van der Waals surface area contributed by atoms with Crippen LogP contribution in [0.1, 0.15) is 30.1 Å². The van der Waals surface area contributed by atoms with Crippen molar-refractivity contribution in [3.8, 4) is 11.1 Å². The van der Waals surface area contributed by atoms with Gasteiger partial charge in [-0.15, -0.1) is 0 Å². The predicted molar refractivity (Wildman–Crippen MR) is 74.7 cm³/mol. The molecular weight excluding hydrogens is 263 g/mol. The maximum atomic E-state index is 14.1. The van der Waals surface area contributed by atoms with Gasteiger partial charge in [0.1, 0.15) is 5.82 Å². The minimum atomic E-state index is -0.431. The molecule has 98 valence electrons. The van der Waals surface area contributed by atoms with Crippen LogP contribution in [0.2, 0.25) is 5.02 Å². The molecule has 0 radical (unpaired) electrons. The standard InChI is InChI=1S/C16H14ClFO/c17-10-7-8-13(15(18)9-10)11-3-1-5-14-12(11)4-2-6-16(14)19/h1,3,5,7-9,16,19H,2,4,6H2. The fourth-order valence-corrected chi connectivity index (χ4v) is 2.94. The van der Waals surface area contributed by atoms with Crippen molar-refractivity contribution in [3.63, 3.8) is 0 Å². The van der Waals surface area contributed by atoms with E-state index in [-0.39, 0.29) is 5.82 Å².